The number of benzene rings is 1. The molecule has 1 aromatic rings. The molecule has 1 heterocycles. The van der Waals surface area contributed by atoms with E-state index in [-0.39, 0.29) is 49.0 Å². The summed E-state index contributed by atoms with van der Waals surface area (Å²) in [5, 5.41) is 2.44. The standard InChI is InChI=1S/C23H35F3N4O3/c1-15(2)12-29(14-22(3,4)5)19(11-27)21(32)28-18-7-6-16(10-17(18)23(24,25)26)30-8-9-33-13-20(30)31/h6-7,10,15,19H,8-9,11-14,27H2,1-5H3,(H,28,32)/t19-/m0/s1. The third-order valence-electron chi connectivity index (χ3n) is 5.11. The second kappa shape index (κ2) is 10.8. The molecule has 10 heteroatoms. The van der Waals surface area contributed by atoms with Gasteiger partial charge in [-0.1, -0.05) is 34.6 Å². The zero-order valence-electron chi connectivity index (χ0n) is 20.0. The first kappa shape index (κ1) is 27.1. The van der Waals surface area contributed by atoms with Crippen LogP contribution in [0.4, 0.5) is 24.5 Å². The fraction of sp³-hybridized carbons (Fsp3) is 0.652. The summed E-state index contributed by atoms with van der Waals surface area (Å²) < 4.78 is 46.6. The topological polar surface area (TPSA) is 87.9 Å². The second-order valence-corrected chi connectivity index (χ2v) is 9.95. The molecule has 0 saturated carbocycles. The molecule has 186 valence electrons. The molecule has 1 aromatic carbocycles. The summed E-state index contributed by atoms with van der Waals surface area (Å²) in [6, 6.07) is 2.68. The van der Waals surface area contributed by atoms with Gasteiger partial charge in [0.2, 0.25) is 5.91 Å². The first-order valence-corrected chi connectivity index (χ1v) is 11.1. The number of anilines is 2. The minimum Gasteiger partial charge on any atom is -0.370 e. The Morgan fingerprint density at radius 1 is 1.27 bits per heavy atom. The molecule has 7 nitrogen and oxygen atoms in total. The lowest BCUT2D eigenvalue weighted by Gasteiger charge is -2.36. The smallest absolute Gasteiger partial charge is 0.370 e. The Balaban J connectivity index is 2.34. The predicted molar refractivity (Wildman–Crippen MR) is 122 cm³/mol. The second-order valence-electron chi connectivity index (χ2n) is 9.95. The number of morpholine rings is 1. The molecular weight excluding hydrogens is 437 g/mol. The van der Waals surface area contributed by atoms with Crippen molar-refractivity contribution in [1.82, 2.24) is 4.90 Å². The molecule has 1 aliphatic heterocycles. The van der Waals surface area contributed by atoms with Crippen LogP contribution in [-0.4, -0.2) is 62.1 Å². The van der Waals surface area contributed by atoms with E-state index >= 15 is 0 Å². The van der Waals surface area contributed by atoms with E-state index in [2.05, 4.69) is 5.32 Å². The van der Waals surface area contributed by atoms with Gasteiger partial charge in [0.25, 0.3) is 5.91 Å². The summed E-state index contributed by atoms with van der Waals surface area (Å²) in [5.74, 6) is -0.769. The molecule has 0 radical (unpaired) electrons. The van der Waals surface area contributed by atoms with Crippen LogP contribution in [0.1, 0.15) is 40.2 Å². The third-order valence-corrected chi connectivity index (χ3v) is 5.11. The number of hydrogen-bond acceptors (Lipinski definition) is 5. The van der Waals surface area contributed by atoms with Gasteiger partial charge in [-0.25, -0.2) is 0 Å². The number of hydrogen-bond donors (Lipinski definition) is 2. The minimum atomic E-state index is -4.73. The zero-order chi connectivity index (χ0) is 25.0. The van der Waals surface area contributed by atoms with E-state index in [4.69, 9.17) is 10.5 Å². The van der Waals surface area contributed by atoms with Crippen LogP contribution in [0.2, 0.25) is 0 Å². The van der Waals surface area contributed by atoms with Crippen molar-refractivity contribution in [3.63, 3.8) is 0 Å². The van der Waals surface area contributed by atoms with Gasteiger partial charge < -0.3 is 20.7 Å². The van der Waals surface area contributed by atoms with Crippen LogP contribution >= 0.6 is 0 Å². The molecule has 33 heavy (non-hydrogen) atoms. The number of alkyl halides is 3. The molecule has 1 fully saturated rings. The molecule has 2 rings (SSSR count). The number of amides is 2. The van der Waals surface area contributed by atoms with Crippen LogP contribution in [0.25, 0.3) is 0 Å². The van der Waals surface area contributed by atoms with E-state index in [0.29, 0.717) is 13.1 Å². The number of ether oxygens (including phenoxy) is 1. The maximum atomic E-state index is 13.9. The summed E-state index contributed by atoms with van der Waals surface area (Å²) in [7, 11) is 0. The van der Waals surface area contributed by atoms with Gasteiger partial charge in [-0.15, -0.1) is 0 Å². The lowest BCUT2D eigenvalue weighted by atomic mass is 9.94. The maximum Gasteiger partial charge on any atom is 0.418 e. The Morgan fingerprint density at radius 3 is 2.45 bits per heavy atom. The molecule has 0 aromatic heterocycles. The Bertz CT molecular complexity index is 837. The summed E-state index contributed by atoms with van der Waals surface area (Å²) >= 11 is 0. The lowest BCUT2D eigenvalue weighted by Crippen LogP contribution is -2.52. The van der Waals surface area contributed by atoms with Crippen molar-refractivity contribution in [1.29, 1.82) is 0 Å². The average Bonchev–Trinajstić information content (AvgIpc) is 2.66. The van der Waals surface area contributed by atoms with Gasteiger partial charge in [-0.2, -0.15) is 13.2 Å². The normalized spacial score (nSPS) is 16.5. The van der Waals surface area contributed by atoms with Gasteiger partial charge in [0.05, 0.1) is 17.9 Å². The van der Waals surface area contributed by atoms with E-state index in [1.165, 1.54) is 17.0 Å². The molecule has 0 bridgehead atoms. The molecule has 0 spiro atoms. The van der Waals surface area contributed by atoms with E-state index in [9.17, 15) is 22.8 Å². The average molecular weight is 473 g/mol. The molecule has 1 aliphatic rings. The summed E-state index contributed by atoms with van der Waals surface area (Å²) in [5.41, 5.74) is 4.50. The highest BCUT2D eigenvalue weighted by molar-refractivity contribution is 5.98. The van der Waals surface area contributed by atoms with Gasteiger partial charge in [-0.05, 0) is 29.5 Å². The molecule has 0 unspecified atom stereocenters. The highest BCUT2D eigenvalue weighted by Crippen LogP contribution is 2.38. The zero-order valence-corrected chi connectivity index (χ0v) is 20.0. The summed E-state index contributed by atoms with van der Waals surface area (Å²) in [6.07, 6.45) is -4.73. The number of carbonyl (C=O) groups is 2. The van der Waals surface area contributed by atoms with E-state index in [1.807, 2.05) is 39.5 Å². The van der Waals surface area contributed by atoms with Gasteiger partial charge in [0, 0.05) is 31.9 Å². The summed E-state index contributed by atoms with van der Waals surface area (Å²) in [4.78, 5) is 28.3. The number of halogens is 3. The van der Waals surface area contributed by atoms with Gasteiger partial charge in [0.15, 0.2) is 0 Å². The fourth-order valence-electron chi connectivity index (χ4n) is 3.85. The molecular formula is C23H35F3N4O3. The first-order chi connectivity index (χ1) is 15.2. The SMILES string of the molecule is CC(C)CN(CC(C)(C)C)[C@@H](CN)C(=O)Nc1ccc(N2CCOCC2=O)cc1C(F)(F)F. The van der Waals surface area contributed by atoms with E-state index in [1.54, 1.807) is 0 Å². The Kier molecular flexibility index (Phi) is 8.89. The van der Waals surface area contributed by atoms with Gasteiger partial charge >= 0.3 is 6.18 Å². The minimum absolute atomic E-state index is 0.0314. The van der Waals surface area contributed by atoms with E-state index < -0.39 is 29.6 Å². The Hall–Kier alpha value is -2.17. The van der Waals surface area contributed by atoms with Crippen LogP contribution in [0.3, 0.4) is 0 Å². The molecule has 1 atom stereocenters. The van der Waals surface area contributed by atoms with Crippen molar-refractivity contribution in [2.75, 3.05) is 49.6 Å². The quantitative estimate of drug-likeness (QED) is 0.606. The van der Waals surface area contributed by atoms with Crippen LogP contribution in [0.15, 0.2) is 18.2 Å². The molecule has 2 amide bonds. The monoisotopic (exact) mass is 472 g/mol. The van der Waals surface area contributed by atoms with Crippen molar-refractivity contribution < 1.29 is 27.5 Å². The predicted octanol–water partition coefficient (Wildman–Crippen LogP) is 3.34. The third kappa shape index (κ3) is 7.68. The fourth-order valence-corrected chi connectivity index (χ4v) is 3.85. The number of carbonyl (C=O) groups excluding carboxylic acids is 2. The number of rotatable bonds is 8. The lowest BCUT2D eigenvalue weighted by molar-refractivity contribution is -0.137. The summed E-state index contributed by atoms with van der Waals surface area (Å²) in [6.45, 7) is 11.4. The van der Waals surface area contributed by atoms with Crippen LogP contribution in [-0.2, 0) is 20.5 Å². The van der Waals surface area contributed by atoms with Crippen molar-refractivity contribution in [2.24, 2.45) is 17.1 Å². The maximum absolute atomic E-state index is 13.9. The van der Waals surface area contributed by atoms with Crippen molar-refractivity contribution in [3.05, 3.63) is 23.8 Å². The van der Waals surface area contributed by atoms with Gasteiger partial charge in [-0.3, -0.25) is 14.5 Å². The Labute approximate surface area is 193 Å². The van der Waals surface area contributed by atoms with Crippen molar-refractivity contribution in [2.45, 2.75) is 46.8 Å². The Morgan fingerprint density at radius 2 is 1.94 bits per heavy atom. The molecule has 1 saturated heterocycles. The van der Waals surface area contributed by atoms with Crippen LogP contribution in [0.5, 0.6) is 0 Å². The number of nitrogens with one attached hydrogen (secondary N) is 1. The highest BCUT2D eigenvalue weighted by atomic mass is 19.4. The van der Waals surface area contributed by atoms with Gasteiger partial charge in [0.1, 0.15) is 12.6 Å². The first-order valence-electron chi connectivity index (χ1n) is 11.1. The largest absolute Gasteiger partial charge is 0.418 e. The van der Waals surface area contributed by atoms with Crippen LogP contribution < -0.4 is 16.0 Å². The highest BCUT2D eigenvalue weighted by Gasteiger charge is 2.36. The molecule has 3 N–H and O–H groups in total. The van der Waals surface area contributed by atoms with Crippen LogP contribution in [0, 0.1) is 11.3 Å². The van der Waals surface area contributed by atoms with E-state index in [0.717, 1.165) is 6.07 Å². The molecule has 0 aliphatic carbocycles. The van der Waals surface area contributed by atoms with Crippen molar-refractivity contribution >= 4 is 23.2 Å². The van der Waals surface area contributed by atoms with Crippen molar-refractivity contribution in [3.8, 4) is 0 Å². The number of nitrogens with zero attached hydrogens (tertiary/aromatic N) is 2. The number of nitrogens with two attached hydrogens (primary N) is 1.